The van der Waals surface area contributed by atoms with Crippen LogP contribution in [0.25, 0.3) is 0 Å². The molecule has 0 aliphatic rings. The van der Waals surface area contributed by atoms with Gasteiger partial charge in [0, 0.05) is 19.1 Å². The van der Waals surface area contributed by atoms with E-state index in [-0.39, 0.29) is 6.61 Å². The number of hydrogen-bond acceptors (Lipinski definition) is 3. The van der Waals surface area contributed by atoms with Crippen LogP contribution in [-0.4, -0.2) is 40.7 Å². The van der Waals surface area contributed by atoms with E-state index in [1.165, 1.54) is 0 Å². The number of alkyl halides is 2. The van der Waals surface area contributed by atoms with Crippen molar-refractivity contribution in [2.75, 3.05) is 25.7 Å². The van der Waals surface area contributed by atoms with Crippen LogP contribution in [-0.2, 0) is 13.9 Å². The Morgan fingerprint density at radius 1 is 1.21 bits per heavy atom. The molecule has 86 valence electrons. The monoisotopic (exact) mass is 260 g/mol. The molecule has 0 amide bonds. The summed E-state index contributed by atoms with van der Waals surface area (Å²) in [5.74, 6) is 0.644. The minimum Gasteiger partial charge on any atom is -0.417 e. The SMILES string of the molecule is CCOC(Cl)(CO[SiH2]CCCl)OCC. The summed E-state index contributed by atoms with van der Waals surface area (Å²) in [5.41, 5.74) is 0. The van der Waals surface area contributed by atoms with Gasteiger partial charge in [-0.1, -0.05) is 11.6 Å². The topological polar surface area (TPSA) is 27.7 Å². The lowest BCUT2D eigenvalue weighted by atomic mass is 10.6. The van der Waals surface area contributed by atoms with Gasteiger partial charge in [-0.15, -0.1) is 11.6 Å². The first kappa shape index (κ1) is 14.7. The molecule has 0 rings (SSSR count). The molecule has 0 atom stereocenters. The summed E-state index contributed by atoms with van der Waals surface area (Å²) in [6.07, 6.45) is 0. The van der Waals surface area contributed by atoms with Gasteiger partial charge in [0.05, 0.1) is 0 Å². The third kappa shape index (κ3) is 7.03. The van der Waals surface area contributed by atoms with Crippen LogP contribution in [0.3, 0.4) is 0 Å². The summed E-state index contributed by atoms with van der Waals surface area (Å²) >= 11 is 11.6. The van der Waals surface area contributed by atoms with Gasteiger partial charge in [0.2, 0.25) is 0 Å². The Bertz CT molecular complexity index is 132. The van der Waals surface area contributed by atoms with Gasteiger partial charge in [0.1, 0.15) is 6.61 Å². The Morgan fingerprint density at radius 3 is 2.21 bits per heavy atom. The Balaban J connectivity index is 3.71. The van der Waals surface area contributed by atoms with E-state index in [4.69, 9.17) is 37.1 Å². The average molecular weight is 261 g/mol. The zero-order chi connectivity index (χ0) is 10.9. The van der Waals surface area contributed by atoms with Gasteiger partial charge in [-0.05, 0) is 19.9 Å². The number of hydrogen-bond donors (Lipinski definition) is 0. The lowest BCUT2D eigenvalue weighted by Gasteiger charge is -2.26. The molecule has 14 heavy (non-hydrogen) atoms. The van der Waals surface area contributed by atoms with Crippen LogP contribution < -0.4 is 0 Å². The fourth-order valence-electron chi connectivity index (χ4n) is 0.907. The molecule has 0 aliphatic heterocycles. The van der Waals surface area contributed by atoms with Crippen molar-refractivity contribution in [1.29, 1.82) is 0 Å². The standard InChI is InChI=1S/C8H18Cl2O3Si/c1-3-11-8(10,12-4-2)7-13-14-6-5-9/h3-7,14H2,1-2H3. The minimum atomic E-state index is -1.11. The van der Waals surface area contributed by atoms with Crippen molar-refractivity contribution in [3.05, 3.63) is 0 Å². The first-order valence-corrected chi connectivity index (χ1v) is 7.28. The van der Waals surface area contributed by atoms with E-state index in [2.05, 4.69) is 0 Å². The summed E-state index contributed by atoms with van der Waals surface area (Å²) in [6, 6.07) is 0.937. The molecule has 0 unspecified atom stereocenters. The fourth-order valence-corrected chi connectivity index (χ4v) is 2.39. The predicted molar refractivity (Wildman–Crippen MR) is 61.9 cm³/mol. The first-order valence-electron chi connectivity index (χ1n) is 4.79. The highest BCUT2D eigenvalue weighted by molar-refractivity contribution is 6.31. The largest absolute Gasteiger partial charge is 0.417 e. The van der Waals surface area contributed by atoms with Gasteiger partial charge < -0.3 is 13.9 Å². The molecular weight excluding hydrogens is 243 g/mol. The third-order valence-corrected chi connectivity index (χ3v) is 3.59. The maximum atomic E-state index is 6.04. The average Bonchev–Trinajstić information content (AvgIpc) is 2.13. The van der Waals surface area contributed by atoms with Crippen molar-refractivity contribution in [3.8, 4) is 0 Å². The summed E-state index contributed by atoms with van der Waals surface area (Å²) < 4.78 is 15.9. The third-order valence-electron chi connectivity index (χ3n) is 1.42. The van der Waals surface area contributed by atoms with Gasteiger partial charge in [0.25, 0.3) is 5.25 Å². The molecule has 0 heterocycles. The second-order valence-electron chi connectivity index (χ2n) is 2.62. The lowest BCUT2D eigenvalue weighted by molar-refractivity contribution is -0.188. The molecule has 0 aromatic heterocycles. The molecule has 3 nitrogen and oxygen atoms in total. The van der Waals surface area contributed by atoms with Crippen molar-refractivity contribution >= 4 is 33.0 Å². The molecule has 0 aromatic carbocycles. The van der Waals surface area contributed by atoms with Gasteiger partial charge >= 0.3 is 0 Å². The predicted octanol–water partition coefficient (Wildman–Crippen LogP) is 1.71. The Labute approximate surface area is 97.9 Å². The first-order chi connectivity index (χ1) is 6.68. The quantitative estimate of drug-likeness (QED) is 0.274. The molecule has 0 spiro atoms. The maximum Gasteiger partial charge on any atom is 0.271 e. The molecule has 0 saturated heterocycles. The van der Waals surface area contributed by atoms with Crippen molar-refractivity contribution in [2.45, 2.75) is 25.1 Å². The summed E-state index contributed by atoms with van der Waals surface area (Å²) in [4.78, 5) is 0. The lowest BCUT2D eigenvalue weighted by Crippen LogP contribution is -2.35. The van der Waals surface area contributed by atoms with Crippen LogP contribution in [0.5, 0.6) is 0 Å². The molecule has 0 bridgehead atoms. The highest BCUT2D eigenvalue weighted by Gasteiger charge is 2.28. The molecule has 0 fully saturated rings. The maximum absolute atomic E-state index is 6.04. The van der Waals surface area contributed by atoms with Crippen LogP contribution in [0, 0.1) is 0 Å². The summed E-state index contributed by atoms with van der Waals surface area (Å²) in [7, 11) is -0.579. The van der Waals surface area contributed by atoms with Gasteiger partial charge in [-0.2, -0.15) is 0 Å². The van der Waals surface area contributed by atoms with E-state index >= 15 is 0 Å². The smallest absolute Gasteiger partial charge is 0.271 e. The Kier molecular flexibility index (Phi) is 9.38. The van der Waals surface area contributed by atoms with E-state index < -0.39 is 15.0 Å². The van der Waals surface area contributed by atoms with E-state index in [1.54, 1.807) is 0 Å². The molecule has 0 N–H and O–H groups in total. The van der Waals surface area contributed by atoms with Crippen molar-refractivity contribution in [3.63, 3.8) is 0 Å². The van der Waals surface area contributed by atoms with Crippen molar-refractivity contribution in [1.82, 2.24) is 0 Å². The van der Waals surface area contributed by atoms with Crippen LogP contribution in [0.4, 0.5) is 0 Å². The zero-order valence-electron chi connectivity index (χ0n) is 8.72. The van der Waals surface area contributed by atoms with Crippen LogP contribution in [0.1, 0.15) is 13.8 Å². The molecule has 0 saturated carbocycles. The van der Waals surface area contributed by atoms with Crippen LogP contribution in [0.2, 0.25) is 6.04 Å². The molecule has 0 aliphatic carbocycles. The fraction of sp³-hybridized carbons (Fsp3) is 1.00. The van der Waals surface area contributed by atoms with E-state index in [9.17, 15) is 0 Å². The van der Waals surface area contributed by atoms with Crippen LogP contribution in [0.15, 0.2) is 0 Å². The molecule has 0 aromatic rings. The second kappa shape index (κ2) is 8.94. The minimum absolute atomic E-state index is 0.277. The number of ether oxygens (including phenoxy) is 2. The van der Waals surface area contributed by atoms with Crippen molar-refractivity contribution in [2.24, 2.45) is 0 Å². The van der Waals surface area contributed by atoms with Crippen LogP contribution >= 0.6 is 23.2 Å². The van der Waals surface area contributed by atoms with E-state index in [1.807, 2.05) is 13.8 Å². The number of halogens is 2. The molecular formula is C8H18Cl2O3Si. The van der Waals surface area contributed by atoms with Gasteiger partial charge in [0.15, 0.2) is 9.76 Å². The van der Waals surface area contributed by atoms with Gasteiger partial charge in [-0.3, -0.25) is 0 Å². The Morgan fingerprint density at radius 2 is 1.79 bits per heavy atom. The highest BCUT2D eigenvalue weighted by Crippen LogP contribution is 2.19. The molecule has 6 heteroatoms. The number of rotatable bonds is 9. The Hall–Kier alpha value is 0.677. The highest BCUT2D eigenvalue weighted by atomic mass is 35.5. The second-order valence-corrected chi connectivity index (χ2v) is 5.10. The normalized spacial score (nSPS) is 12.9. The zero-order valence-corrected chi connectivity index (χ0v) is 11.6. The summed E-state index contributed by atoms with van der Waals surface area (Å²) in [5, 5.41) is -1.11. The molecule has 0 radical (unpaired) electrons. The van der Waals surface area contributed by atoms with Crippen molar-refractivity contribution < 1.29 is 13.9 Å². The van der Waals surface area contributed by atoms with E-state index in [0.717, 1.165) is 6.04 Å². The van der Waals surface area contributed by atoms with Gasteiger partial charge in [-0.25, -0.2) is 0 Å². The van der Waals surface area contributed by atoms with E-state index in [0.29, 0.717) is 19.1 Å². The summed E-state index contributed by atoms with van der Waals surface area (Å²) in [6.45, 7) is 5.02.